The molecule has 0 aliphatic carbocycles. The lowest BCUT2D eigenvalue weighted by molar-refractivity contribution is -0.303. The minimum absolute atomic E-state index is 0.258. The summed E-state index contributed by atoms with van der Waals surface area (Å²) in [5.41, 5.74) is 0. The van der Waals surface area contributed by atoms with Gasteiger partial charge in [0.2, 0.25) is 5.91 Å². The Labute approximate surface area is 347 Å². The molecule has 0 bridgehead atoms. The normalized spacial score (nSPS) is 22.3. The molecule has 1 fully saturated rings. The van der Waals surface area contributed by atoms with E-state index < -0.39 is 74.2 Å². The van der Waals surface area contributed by atoms with Crippen molar-refractivity contribution < 1.29 is 50.0 Å². The van der Waals surface area contributed by atoms with Crippen LogP contribution >= 0.6 is 0 Å². The van der Waals surface area contributed by atoms with Crippen molar-refractivity contribution in [3.63, 3.8) is 0 Å². The van der Waals surface area contributed by atoms with Crippen molar-refractivity contribution in [2.24, 2.45) is 5.92 Å². The first-order valence-corrected chi connectivity index (χ1v) is 23.4. The third kappa shape index (κ3) is 26.6. The Bertz CT molecular complexity index is 952. The Kier molecular flexibility index (Phi) is 33.6. The van der Waals surface area contributed by atoms with Gasteiger partial charge in [0.25, 0.3) is 0 Å². The molecule has 338 valence electrons. The van der Waals surface area contributed by atoms with Gasteiger partial charge in [-0.15, -0.1) is 0 Å². The number of unbranched alkanes of at least 4 members (excludes halogenated alkanes) is 22. The summed E-state index contributed by atoms with van der Waals surface area (Å²) in [5.74, 6) is 0.0458. The summed E-state index contributed by atoms with van der Waals surface area (Å²) in [6.45, 7) is 5.70. The van der Waals surface area contributed by atoms with E-state index in [1.165, 1.54) is 109 Å². The van der Waals surface area contributed by atoms with Crippen LogP contribution < -0.4 is 5.32 Å². The number of hydrogen-bond acceptors (Lipinski definition) is 10. The van der Waals surface area contributed by atoms with Crippen molar-refractivity contribution in [2.75, 3.05) is 13.2 Å². The summed E-state index contributed by atoms with van der Waals surface area (Å²) in [6.07, 6.45) is 24.2. The topological polar surface area (TPSA) is 189 Å². The van der Waals surface area contributed by atoms with E-state index in [1.54, 1.807) is 0 Å². The lowest BCUT2D eigenvalue weighted by Gasteiger charge is -2.40. The molecule has 1 saturated heterocycles. The zero-order chi connectivity index (χ0) is 42.1. The smallest absolute Gasteiger partial charge is 0.249 e. The highest BCUT2D eigenvalue weighted by Gasteiger charge is 2.44. The van der Waals surface area contributed by atoms with E-state index >= 15 is 0 Å². The number of nitrogens with one attached hydrogen (secondary N) is 1. The van der Waals surface area contributed by atoms with Gasteiger partial charge in [0, 0.05) is 0 Å². The number of hydrogen-bond donors (Lipinski definition) is 8. The Morgan fingerprint density at radius 1 is 0.632 bits per heavy atom. The van der Waals surface area contributed by atoms with Gasteiger partial charge in [-0.2, -0.15) is 0 Å². The van der Waals surface area contributed by atoms with Crippen LogP contribution in [0.5, 0.6) is 0 Å². The number of ether oxygens (including phenoxy) is 2. The van der Waals surface area contributed by atoms with Gasteiger partial charge in [-0.3, -0.25) is 4.79 Å². The molecule has 0 saturated carbocycles. The fourth-order valence-electron chi connectivity index (χ4n) is 7.56. The van der Waals surface area contributed by atoms with Crippen LogP contribution in [-0.2, 0) is 14.3 Å². The van der Waals surface area contributed by atoms with Crippen molar-refractivity contribution in [1.82, 2.24) is 5.32 Å². The zero-order valence-corrected chi connectivity index (χ0v) is 36.5. The first-order chi connectivity index (χ1) is 27.5. The van der Waals surface area contributed by atoms with E-state index in [0.29, 0.717) is 19.3 Å². The van der Waals surface area contributed by atoms with E-state index in [1.807, 2.05) is 0 Å². The SMILES string of the molecule is CCCCCCCCC/C=C\CCCCCCCCCC[C@@H](O)C(=O)N[C@@H](CO[C@@H]1O[C@H](CO)[C@@H](O)[C@H](O)[C@H]1O)[C@H](O)[C@H](O)CCCCCCCCCCC(C)C. The Hall–Kier alpha value is -1.15. The summed E-state index contributed by atoms with van der Waals surface area (Å²) in [4.78, 5) is 13.1. The van der Waals surface area contributed by atoms with Gasteiger partial charge in [-0.25, -0.2) is 0 Å². The fraction of sp³-hybridized carbons (Fsp3) is 0.935. The van der Waals surface area contributed by atoms with E-state index in [2.05, 4.69) is 38.2 Å². The first-order valence-electron chi connectivity index (χ1n) is 23.4. The lowest BCUT2D eigenvalue weighted by atomic mass is 9.98. The Morgan fingerprint density at radius 2 is 1.09 bits per heavy atom. The second kappa shape index (κ2) is 35.6. The summed E-state index contributed by atoms with van der Waals surface area (Å²) in [6, 6.07) is -1.17. The average Bonchev–Trinajstić information content (AvgIpc) is 3.20. The number of carbonyl (C=O) groups excluding carboxylic acids is 1. The van der Waals surface area contributed by atoms with Crippen LogP contribution in [0.1, 0.15) is 201 Å². The Balaban J connectivity index is 2.42. The van der Waals surface area contributed by atoms with Gasteiger partial charge < -0.3 is 50.5 Å². The van der Waals surface area contributed by atoms with Crippen LogP contribution in [-0.4, -0.2) is 110 Å². The molecule has 1 aliphatic heterocycles. The molecule has 57 heavy (non-hydrogen) atoms. The number of carbonyl (C=O) groups is 1. The van der Waals surface area contributed by atoms with Gasteiger partial charge in [0.1, 0.15) is 36.6 Å². The molecular formula is C46H89NO10. The Morgan fingerprint density at radius 3 is 1.58 bits per heavy atom. The van der Waals surface area contributed by atoms with Crippen LogP contribution in [0, 0.1) is 5.92 Å². The zero-order valence-electron chi connectivity index (χ0n) is 36.5. The maximum absolute atomic E-state index is 13.1. The number of allylic oxidation sites excluding steroid dienone is 2. The molecule has 1 amide bonds. The number of rotatable bonds is 38. The number of aliphatic hydroxyl groups is 7. The monoisotopic (exact) mass is 816 g/mol. The van der Waals surface area contributed by atoms with Crippen LogP contribution in [0.15, 0.2) is 12.2 Å². The summed E-state index contributed by atoms with van der Waals surface area (Å²) >= 11 is 0. The highest BCUT2D eigenvalue weighted by molar-refractivity contribution is 5.80. The van der Waals surface area contributed by atoms with Crippen molar-refractivity contribution in [2.45, 2.75) is 256 Å². The quantitative estimate of drug-likeness (QED) is 0.0229. The minimum atomic E-state index is -1.66. The number of aliphatic hydroxyl groups excluding tert-OH is 7. The van der Waals surface area contributed by atoms with Crippen LogP contribution in [0.25, 0.3) is 0 Å². The second-order valence-corrected chi connectivity index (χ2v) is 17.3. The molecule has 11 heteroatoms. The van der Waals surface area contributed by atoms with Crippen molar-refractivity contribution >= 4 is 5.91 Å². The summed E-state index contributed by atoms with van der Waals surface area (Å²) in [7, 11) is 0. The van der Waals surface area contributed by atoms with Gasteiger partial charge in [-0.05, 0) is 44.4 Å². The predicted octanol–water partition coefficient (Wildman–Crippen LogP) is 7.53. The molecule has 1 rings (SSSR count). The maximum Gasteiger partial charge on any atom is 0.249 e. The first kappa shape index (κ1) is 53.9. The van der Waals surface area contributed by atoms with Gasteiger partial charge >= 0.3 is 0 Å². The fourth-order valence-corrected chi connectivity index (χ4v) is 7.56. The highest BCUT2D eigenvalue weighted by atomic mass is 16.7. The standard InChI is InChI=1S/C46H89NO10/c1-4-5-6-7-8-9-10-11-12-13-14-15-16-17-18-19-24-27-30-33-39(50)45(55)47-37(35-56-46-44(54)43(53)42(52)40(34-48)57-46)41(51)38(49)32-29-26-23-21-20-22-25-28-31-36(2)3/h12-13,36-44,46,48-54H,4-11,14-35H2,1-3H3,(H,47,55)/b13-12-/t37-,38+,39+,40+,41-,42+,43-,44+,46+/m0/s1. The second-order valence-electron chi connectivity index (χ2n) is 17.3. The van der Waals surface area contributed by atoms with Crippen molar-refractivity contribution in [3.05, 3.63) is 12.2 Å². The third-order valence-electron chi connectivity index (χ3n) is 11.5. The minimum Gasteiger partial charge on any atom is -0.394 e. The van der Waals surface area contributed by atoms with Gasteiger partial charge in [0.15, 0.2) is 6.29 Å². The molecule has 11 nitrogen and oxygen atoms in total. The summed E-state index contributed by atoms with van der Waals surface area (Å²) < 4.78 is 11.1. The molecule has 0 aromatic carbocycles. The number of amides is 1. The molecule has 8 N–H and O–H groups in total. The molecule has 0 unspecified atom stereocenters. The molecule has 1 aliphatic rings. The van der Waals surface area contributed by atoms with E-state index in [0.717, 1.165) is 50.9 Å². The maximum atomic E-state index is 13.1. The lowest BCUT2D eigenvalue weighted by Crippen LogP contribution is -2.60. The summed E-state index contributed by atoms with van der Waals surface area (Å²) in [5, 5.41) is 75.6. The van der Waals surface area contributed by atoms with Gasteiger partial charge in [0.05, 0.1) is 25.4 Å². The molecule has 0 aromatic heterocycles. The predicted molar refractivity (Wildman–Crippen MR) is 229 cm³/mol. The van der Waals surface area contributed by atoms with Crippen molar-refractivity contribution in [3.8, 4) is 0 Å². The van der Waals surface area contributed by atoms with Crippen molar-refractivity contribution in [1.29, 1.82) is 0 Å². The van der Waals surface area contributed by atoms with Gasteiger partial charge in [-0.1, -0.05) is 174 Å². The molecular weight excluding hydrogens is 727 g/mol. The van der Waals surface area contributed by atoms with Crippen LogP contribution in [0.3, 0.4) is 0 Å². The highest BCUT2D eigenvalue weighted by Crippen LogP contribution is 2.23. The molecule has 0 spiro atoms. The van der Waals surface area contributed by atoms with Crippen LogP contribution in [0.2, 0.25) is 0 Å². The van der Waals surface area contributed by atoms with E-state index in [-0.39, 0.29) is 6.42 Å². The third-order valence-corrected chi connectivity index (χ3v) is 11.5. The molecule has 0 aromatic rings. The van der Waals surface area contributed by atoms with E-state index in [4.69, 9.17) is 9.47 Å². The molecule has 9 atom stereocenters. The van der Waals surface area contributed by atoms with Crippen LogP contribution in [0.4, 0.5) is 0 Å². The average molecular weight is 816 g/mol. The largest absolute Gasteiger partial charge is 0.394 e. The molecule has 0 radical (unpaired) electrons. The van der Waals surface area contributed by atoms with E-state index in [9.17, 15) is 40.5 Å². The molecule has 1 heterocycles.